The van der Waals surface area contributed by atoms with Crippen LogP contribution < -0.4 is 10.9 Å². The van der Waals surface area contributed by atoms with E-state index in [-0.39, 0.29) is 17.9 Å². The zero-order valence-corrected chi connectivity index (χ0v) is 16.6. The number of nitrogens with zero attached hydrogens (tertiary/aromatic N) is 1. The van der Waals surface area contributed by atoms with E-state index in [2.05, 4.69) is 30.4 Å². The monoisotopic (exact) mass is 362 g/mol. The van der Waals surface area contributed by atoms with Gasteiger partial charge < -0.3 is 9.88 Å². The zero-order chi connectivity index (χ0) is 19.7. The average Bonchev–Trinajstić information content (AvgIpc) is 2.54. The van der Waals surface area contributed by atoms with Crippen LogP contribution in [0, 0.1) is 34.6 Å². The fraction of sp³-hybridized carbons (Fsp3) is 0.304. The first-order chi connectivity index (χ1) is 12.7. The lowest BCUT2D eigenvalue weighted by atomic mass is 10.0. The van der Waals surface area contributed by atoms with E-state index >= 15 is 0 Å². The highest BCUT2D eigenvalue weighted by Crippen LogP contribution is 2.22. The van der Waals surface area contributed by atoms with Crippen molar-refractivity contribution in [2.24, 2.45) is 0 Å². The maximum absolute atomic E-state index is 12.6. The largest absolute Gasteiger partial charge is 0.326 e. The number of nitrogens with one attached hydrogen (secondary N) is 1. The molecule has 0 aliphatic carbocycles. The van der Waals surface area contributed by atoms with Crippen LogP contribution in [0.25, 0.3) is 10.9 Å². The Morgan fingerprint density at radius 1 is 0.852 bits per heavy atom. The molecule has 0 unspecified atom stereocenters. The number of carbonyl (C=O) groups excluding carboxylic acids is 1. The molecule has 3 aromatic rings. The summed E-state index contributed by atoms with van der Waals surface area (Å²) in [4.78, 5) is 25.0. The molecule has 0 aliphatic rings. The van der Waals surface area contributed by atoms with E-state index in [0.717, 1.165) is 38.8 Å². The number of aromatic nitrogens is 1. The molecule has 0 saturated heterocycles. The Kier molecular flexibility index (Phi) is 5.17. The number of pyridine rings is 1. The molecule has 1 aromatic heterocycles. The van der Waals surface area contributed by atoms with Crippen molar-refractivity contribution in [3.05, 3.63) is 74.6 Å². The Labute approximate surface area is 159 Å². The minimum absolute atomic E-state index is 0.0637. The first kappa shape index (κ1) is 18.9. The molecular weight excluding hydrogens is 336 g/mol. The van der Waals surface area contributed by atoms with Gasteiger partial charge in [0.15, 0.2) is 0 Å². The molecule has 0 saturated carbocycles. The minimum Gasteiger partial charge on any atom is -0.326 e. The molecule has 140 valence electrons. The van der Waals surface area contributed by atoms with Crippen molar-refractivity contribution >= 4 is 22.5 Å². The summed E-state index contributed by atoms with van der Waals surface area (Å²) in [5.41, 5.74) is 7.06. The molecule has 1 amide bonds. The Morgan fingerprint density at radius 2 is 1.48 bits per heavy atom. The van der Waals surface area contributed by atoms with Crippen molar-refractivity contribution in [1.29, 1.82) is 0 Å². The summed E-state index contributed by atoms with van der Waals surface area (Å²) >= 11 is 0. The van der Waals surface area contributed by atoms with Crippen LogP contribution >= 0.6 is 0 Å². The van der Waals surface area contributed by atoms with Gasteiger partial charge in [0.2, 0.25) is 5.91 Å². The van der Waals surface area contributed by atoms with Crippen LogP contribution in [-0.4, -0.2) is 10.5 Å². The van der Waals surface area contributed by atoms with Crippen molar-refractivity contribution in [3.8, 4) is 0 Å². The van der Waals surface area contributed by atoms with Crippen molar-refractivity contribution < 1.29 is 4.79 Å². The van der Waals surface area contributed by atoms with Gasteiger partial charge in [-0.25, -0.2) is 0 Å². The Balaban J connectivity index is 1.86. The molecule has 3 rings (SSSR count). The smallest absolute Gasteiger partial charge is 0.251 e. The maximum atomic E-state index is 12.6. The molecule has 27 heavy (non-hydrogen) atoms. The summed E-state index contributed by atoms with van der Waals surface area (Å²) in [7, 11) is 0. The Morgan fingerprint density at radius 3 is 2.15 bits per heavy atom. The van der Waals surface area contributed by atoms with Gasteiger partial charge in [0.1, 0.15) is 0 Å². The third-order valence-corrected chi connectivity index (χ3v) is 4.81. The van der Waals surface area contributed by atoms with Crippen LogP contribution in [0.15, 0.2) is 41.2 Å². The van der Waals surface area contributed by atoms with Gasteiger partial charge in [0, 0.05) is 30.1 Å². The lowest BCUT2D eigenvalue weighted by molar-refractivity contribution is -0.116. The van der Waals surface area contributed by atoms with Gasteiger partial charge in [-0.15, -0.1) is 0 Å². The number of anilines is 1. The number of benzene rings is 2. The van der Waals surface area contributed by atoms with Crippen LogP contribution in [0.3, 0.4) is 0 Å². The fourth-order valence-electron chi connectivity index (χ4n) is 3.78. The number of amides is 1. The van der Waals surface area contributed by atoms with Gasteiger partial charge in [0.25, 0.3) is 5.56 Å². The first-order valence-electron chi connectivity index (χ1n) is 9.24. The van der Waals surface area contributed by atoms with Crippen molar-refractivity contribution in [3.63, 3.8) is 0 Å². The van der Waals surface area contributed by atoms with Gasteiger partial charge in [-0.3, -0.25) is 9.59 Å². The Hall–Kier alpha value is -2.88. The number of hydrogen-bond acceptors (Lipinski definition) is 2. The molecule has 0 aliphatic heterocycles. The second-order valence-corrected chi connectivity index (χ2v) is 7.47. The highest BCUT2D eigenvalue weighted by Gasteiger charge is 2.11. The highest BCUT2D eigenvalue weighted by molar-refractivity contribution is 5.91. The molecular formula is C23H26N2O2. The van der Waals surface area contributed by atoms with Gasteiger partial charge >= 0.3 is 0 Å². The third kappa shape index (κ3) is 4.11. The number of fused-ring (bicyclic) bond motifs is 1. The molecule has 0 spiro atoms. The van der Waals surface area contributed by atoms with Gasteiger partial charge in [-0.2, -0.15) is 0 Å². The quantitative estimate of drug-likeness (QED) is 0.739. The van der Waals surface area contributed by atoms with Gasteiger partial charge in [0.05, 0.1) is 5.52 Å². The minimum atomic E-state index is -0.0922. The summed E-state index contributed by atoms with van der Waals surface area (Å²) < 4.78 is 1.72. The summed E-state index contributed by atoms with van der Waals surface area (Å²) in [6.45, 7) is 10.4. The standard InChI is InChI=1S/C23H26N2O2/c1-14-8-15(2)11-19(10-14)24-21(26)6-7-25-22(27)13-17(4)20-12-16(3)9-18(5)23(20)25/h8-13H,6-7H2,1-5H3,(H,24,26). The SMILES string of the molecule is Cc1cc(C)cc(NC(=O)CCn2c(=O)cc(C)c3cc(C)cc(C)c32)c1. The van der Waals surface area contributed by atoms with Crippen molar-refractivity contribution in [2.75, 3.05) is 5.32 Å². The second kappa shape index (κ2) is 7.39. The van der Waals surface area contributed by atoms with E-state index in [0.29, 0.717) is 6.54 Å². The number of hydrogen-bond donors (Lipinski definition) is 1. The van der Waals surface area contributed by atoms with Crippen molar-refractivity contribution in [1.82, 2.24) is 4.57 Å². The number of carbonyl (C=O) groups is 1. The number of rotatable bonds is 4. The molecule has 2 aromatic carbocycles. The van der Waals surface area contributed by atoms with E-state index < -0.39 is 0 Å². The normalized spacial score (nSPS) is 11.0. The Bertz CT molecular complexity index is 1070. The summed E-state index contributed by atoms with van der Waals surface area (Å²) in [5, 5.41) is 4.01. The van der Waals surface area contributed by atoms with Crippen molar-refractivity contribution in [2.45, 2.75) is 47.6 Å². The van der Waals surface area contributed by atoms with Crippen LogP contribution in [-0.2, 0) is 11.3 Å². The lowest BCUT2D eigenvalue weighted by Gasteiger charge is -2.15. The molecule has 4 nitrogen and oxygen atoms in total. The third-order valence-electron chi connectivity index (χ3n) is 4.81. The lowest BCUT2D eigenvalue weighted by Crippen LogP contribution is -2.24. The van der Waals surface area contributed by atoms with E-state index in [1.165, 1.54) is 5.56 Å². The average molecular weight is 362 g/mol. The number of aryl methyl sites for hydroxylation is 6. The second-order valence-electron chi connectivity index (χ2n) is 7.47. The molecule has 0 radical (unpaired) electrons. The summed E-state index contributed by atoms with van der Waals surface area (Å²) in [6.07, 6.45) is 0.248. The first-order valence-corrected chi connectivity index (χ1v) is 9.24. The van der Waals surface area contributed by atoms with Gasteiger partial charge in [-0.05, 0) is 75.1 Å². The molecule has 0 bridgehead atoms. The predicted octanol–water partition coefficient (Wildman–Crippen LogP) is 4.57. The van der Waals surface area contributed by atoms with E-state index in [1.54, 1.807) is 10.6 Å². The van der Waals surface area contributed by atoms with E-state index in [1.807, 2.05) is 39.8 Å². The zero-order valence-electron chi connectivity index (χ0n) is 16.6. The molecule has 0 fully saturated rings. The summed E-state index contributed by atoms with van der Waals surface area (Å²) in [6, 6.07) is 11.8. The van der Waals surface area contributed by atoms with E-state index in [4.69, 9.17) is 0 Å². The summed E-state index contributed by atoms with van der Waals surface area (Å²) in [5.74, 6) is -0.0922. The van der Waals surface area contributed by atoms with Crippen LogP contribution in [0.2, 0.25) is 0 Å². The van der Waals surface area contributed by atoms with Gasteiger partial charge in [-0.1, -0.05) is 17.7 Å². The van der Waals surface area contributed by atoms with Crippen LogP contribution in [0.5, 0.6) is 0 Å². The molecule has 0 atom stereocenters. The maximum Gasteiger partial charge on any atom is 0.251 e. The topological polar surface area (TPSA) is 51.1 Å². The van der Waals surface area contributed by atoms with Crippen LogP contribution in [0.1, 0.15) is 34.2 Å². The van der Waals surface area contributed by atoms with E-state index in [9.17, 15) is 9.59 Å². The molecule has 4 heteroatoms. The molecule has 1 heterocycles. The predicted molar refractivity (Wildman–Crippen MR) is 112 cm³/mol. The van der Waals surface area contributed by atoms with Crippen LogP contribution in [0.4, 0.5) is 5.69 Å². The molecule has 1 N–H and O–H groups in total. The highest BCUT2D eigenvalue weighted by atomic mass is 16.1. The fourth-order valence-corrected chi connectivity index (χ4v) is 3.78.